The lowest BCUT2D eigenvalue weighted by Gasteiger charge is -2.19. The van der Waals surface area contributed by atoms with Crippen LogP contribution in [-0.2, 0) is 34.9 Å². The molecule has 1 aromatic heterocycles. The minimum atomic E-state index is -4.95. The molecule has 0 aliphatic carbocycles. The normalized spacial score (nSPS) is 12.8. The lowest BCUT2D eigenvalue weighted by atomic mass is 9.99. The Bertz CT molecular complexity index is 1190. The fourth-order valence-electron chi connectivity index (χ4n) is 3.50. The average molecular weight is 512 g/mol. The van der Waals surface area contributed by atoms with Gasteiger partial charge in [-0.3, -0.25) is 9.59 Å². The summed E-state index contributed by atoms with van der Waals surface area (Å²) in [5.41, 5.74) is -2.19. The van der Waals surface area contributed by atoms with Gasteiger partial charge in [-0.2, -0.15) is 26.3 Å². The fourth-order valence-corrected chi connectivity index (χ4v) is 3.50. The predicted octanol–water partition coefficient (Wildman–Crippen LogP) is 5.07. The SMILES string of the molecule is O=C(Cc1cc[nH]c(=O)c1)NCC(COCc1cc(C(F)(F)F)cc(C(F)(F)F)c1)c1ccccc1. The van der Waals surface area contributed by atoms with Gasteiger partial charge < -0.3 is 15.0 Å². The van der Waals surface area contributed by atoms with Gasteiger partial charge in [0.1, 0.15) is 0 Å². The van der Waals surface area contributed by atoms with Crippen molar-refractivity contribution in [2.45, 2.75) is 31.3 Å². The summed E-state index contributed by atoms with van der Waals surface area (Å²) >= 11 is 0. The van der Waals surface area contributed by atoms with Crippen LogP contribution >= 0.6 is 0 Å². The maximum absolute atomic E-state index is 13.1. The van der Waals surface area contributed by atoms with E-state index in [4.69, 9.17) is 4.74 Å². The number of alkyl halides is 6. The van der Waals surface area contributed by atoms with Gasteiger partial charge in [0.05, 0.1) is 30.8 Å². The van der Waals surface area contributed by atoms with E-state index >= 15 is 0 Å². The highest BCUT2D eigenvalue weighted by Crippen LogP contribution is 2.36. The molecule has 0 saturated heterocycles. The number of aromatic amines is 1. The molecule has 0 aliphatic rings. The maximum atomic E-state index is 13.1. The van der Waals surface area contributed by atoms with Gasteiger partial charge in [0.2, 0.25) is 11.5 Å². The van der Waals surface area contributed by atoms with Crippen molar-refractivity contribution in [3.05, 3.63) is 105 Å². The molecule has 0 radical (unpaired) electrons. The van der Waals surface area contributed by atoms with Crippen LogP contribution in [0.1, 0.15) is 33.7 Å². The summed E-state index contributed by atoms with van der Waals surface area (Å²) < 4.78 is 84.1. The summed E-state index contributed by atoms with van der Waals surface area (Å²) in [7, 11) is 0. The molecular weight excluding hydrogens is 490 g/mol. The van der Waals surface area contributed by atoms with Crippen molar-refractivity contribution in [2.75, 3.05) is 13.2 Å². The number of pyridine rings is 1. The van der Waals surface area contributed by atoms with E-state index in [1.54, 1.807) is 36.4 Å². The summed E-state index contributed by atoms with van der Waals surface area (Å²) in [6, 6.07) is 13.0. The van der Waals surface area contributed by atoms with Crippen LogP contribution in [0, 0.1) is 0 Å². The molecule has 2 aromatic carbocycles. The first kappa shape index (κ1) is 27.0. The van der Waals surface area contributed by atoms with Crippen LogP contribution in [-0.4, -0.2) is 24.0 Å². The quantitative estimate of drug-likeness (QED) is 0.394. The van der Waals surface area contributed by atoms with Gasteiger partial charge in [-0.1, -0.05) is 30.3 Å². The molecule has 36 heavy (non-hydrogen) atoms. The number of nitrogens with one attached hydrogen (secondary N) is 2. The molecular formula is C25H22F6N2O3. The van der Waals surface area contributed by atoms with Crippen LogP contribution in [0.2, 0.25) is 0 Å². The number of aromatic nitrogens is 1. The van der Waals surface area contributed by atoms with E-state index in [0.29, 0.717) is 17.7 Å². The minimum Gasteiger partial charge on any atom is -0.376 e. The summed E-state index contributed by atoms with van der Waals surface area (Å²) in [5, 5.41) is 2.73. The Hall–Kier alpha value is -3.60. The molecule has 1 amide bonds. The number of amides is 1. The lowest BCUT2D eigenvalue weighted by molar-refractivity contribution is -0.143. The van der Waals surface area contributed by atoms with Crippen molar-refractivity contribution in [3.63, 3.8) is 0 Å². The van der Waals surface area contributed by atoms with E-state index in [1.165, 1.54) is 12.3 Å². The Morgan fingerprint density at radius 3 is 2.11 bits per heavy atom. The highest BCUT2D eigenvalue weighted by Gasteiger charge is 2.36. The van der Waals surface area contributed by atoms with Crippen LogP contribution in [0.3, 0.4) is 0 Å². The highest BCUT2D eigenvalue weighted by atomic mass is 19.4. The standard InChI is InChI=1S/C25H22F6N2O3/c26-24(27,28)20-8-17(9-21(12-20)25(29,30)31)14-36-15-19(18-4-2-1-3-5-18)13-33-23(35)11-16-6-7-32-22(34)10-16/h1-10,12,19H,11,13-15H2,(H,32,34)(H,33,35). The Balaban J connectivity index is 1.68. The molecule has 1 atom stereocenters. The van der Waals surface area contributed by atoms with Crippen LogP contribution in [0.4, 0.5) is 26.3 Å². The number of rotatable bonds is 9. The molecule has 0 saturated carbocycles. The second-order valence-corrected chi connectivity index (χ2v) is 8.08. The second-order valence-electron chi connectivity index (χ2n) is 8.08. The van der Waals surface area contributed by atoms with E-state index in [-0.39, 0.29) is 42.7 Å². The maximum Gasteiger partial charge on any atom is 0.416 e. The second kappa shape index (κ2) is 11.4. The smallest absolute Gasteiger partial charge is 0.376 e. The number of benzene rings is 2. The summed E-state index contributed by atoms with van der Waals surface area (Å²) in [4.78, 5) is 26.2. The van der Waals surface area contributed by atoms with Crippen LogP contribution in [0.5, 0.6) is 0 Å². The molecule has 1 heterocycles. The molecule has 2 N–H and O–H groups in total. The Morgan fingerprint density at radius 1 is 0.889 bits per heavy atom. The first-order valence-electron chi connectivity index (χ1n) is 10.8. The Labute approximate surface area is 202 Å². The van der Waals surface area contributed by atoms with Crippen LogP contribution < -0.4 is 10.9 Å². The highest BCUT2D eigenvalue weighted by molar-refractivity contribution is 5.78. The van der Waals surface area contributed by atoms with E-state index in [0.717, 1.165) is 5.56 Å². The molecule has 0 aliphatic heterocycles. The summed E-state index contributed by atoms with van der Waals surface area (Å²) in [6.45, 7) is -0.466. The van der Waals surface area contributed by atoms with E-state index < -0.39 is 36.0 Å². The number of hydrogen-bond acceptors (Lipinski definition) is 3. The van der Waals surface area contributed by atoms with Crippen molar-refractivity contribution in [3.8, 4) is 0 Å². The van der Waals surface area contributed by atoms with Crippen molar-refractivity contribution >= 4 is 5.91 Å². The van der Waals surface area contributed by atoms with Gasteiger partial charge >= 0.3 is 12.4 Å². The summed E-state index contributed by atoms with van der Waals surface area (Å²) in [6.07, 6.45) is -8.52. The topological polar surface area (TPSA) is 71.2 Å². The molecule has 11 heteroatoms. The lowest BCUT2D eigenvalue weighted by Crippen LogP contribution is -2.31. The third-order valence-electron chi connectivity index (χ3n) is 5.26. The average Bonchev–Trinajstić information content (AvgIpc) is 2.80. The molecule has 0 fully saturated rings. The van der Waals surface area contributed by atoms with Gasteiger partial charge in [0.15, 0.2) is 0 Å². The largest absolute Gasteiger partial charge is 0.416 e. The molecule has 5 nitrogen and oxygen atoms in total. The molecule has 192 valence electrons. The Kier molecular flexibility index (Phi) is 8.57. The Morgan fingerprint density at radius 2 is 1.53 bits per heavy atom. The third-order valence-corrected chi connectivity index (χ3v) is 5.26. The van der Waals surface area contributed by atoms with E-state index in [9.17, 15) is 35.9 Å². The van der Waals surface area contributed by atoms with Crippen molar-refractivity contribution in [1.29, 1.82) is 0 Å². The number of hydrogen-bond donors (Lipinski definition) is 2. The van der Waals surface area contributed by atoms with Gasteiger partial charge in [-0.15, -0.1) is 0 Å². The molecule has 0 bridgehead atoms. The van der Waals surface area contributed by atoms with Crippen molar-refractivity contribution in [1.82, 2.24) is 10.3 Å². The third kappa shape index (κ3) is 7.98. The molecule has 0 spiro atoms. The fraction of sp³-hybridized carbons (Fsp3) is 0.280. The predicted molar refractivity (Wildman–Crippen MR) is 119 cm³/mol. The number of carbonyl (C=O) groups excluding carboxylic acids is 1. The number of ether oxygens (including phenoxy) is 1. The van der Waals surface area contributed by atoms with Gasteiger partial charge in [0.25, 0.3) is 0 Å². The van der Waals surface area contributed by atoms with Gasteiger partial charge in [-0.25, -0.2) is 0 Å². The minimum absolute atomic E-state index is 0.0449. The first-order valence-corrected chi connectivity index (χ1v) is 10.8. The number of halogens is 6. The van der Waals surface area contributed by atoms with Gasteiger partial charge in [-0.05, 0) is 41.0 Å². The molecule has 1 unspecified atom stereocenters. The van der Waals surface area contributed by atoms with Crippen LogP contribution in [0.25, 0.3) is 0 Å². The zero-order valence-electron chi connectivity index (χ0n) is 18.7. The first-order chi connectivity index (χ1) is 16.9. The van der Waals surface area contributed by atoms with Crippen molar-refractivity contribution in [2.24, 2.45) is 0 Å². The van der Waals surface area contributed by atoms with Crippen LogP contribution in [0.15, 0.2) is 71.7 Å². The summed E-state index contributed by atoms with van der Waals surface area (Å²) in [5.74, 6) is -0.795. The zero-order chi connectivity index (χ0) is 26.3. The zero-order valence-corrected chi connectivity index (χ0v) is 18.7. The molecule has 3 aromatic rings. The van der Waals surface area contributed by atoms with E-state index in [2.05, 4.69) is 10.3 Å². The van der Waals surface area contributed by atoms with Gasteiger partial charge in [0, 0.05) is 24.7 Å². The molecule has 3 rings (SSSR count). The number of carbonyl (C=O) groups is 1. The monoisotopic (exact) mass is 512 g/mol. The number of H-pyrrole nitrogens is 1. The van der Waals surface area contributed by atoms with E-state index in [1.807, 2.05) is 0 Å². The van der Waals surface area contributed by atoms with Crippen molar-refractivity contribution < 1.29 is 35.9 Å².